The highest BCUT2D eigenvalue weighted by Crippen LogP contribution is 2.31. The van der Waals surface area contributed by atoms with E-state index in [4.69, 9.17) is 23.7 Å². The number of ether oxygens (including phenoxy) is 5. The van der Waals surface area contributed by atoms with E-state index in [0.717, 1.165) is 10.9 Å². The molecule has 1 N–H and O–H groups in total. The third-order valence-electron chi connectivity index (χ3n) is 5.82. The molecule has 4 aromatic rings. The lowest BCUT2D eigenvalue weighted by molar-refractivity contribution is 0.0438. The minimum absolute atomic E-state index is 0.0580. The van der Waals surface area contributed by atoms with Gasteiger partial charge in [-0.3, -0.25) is 0 Å². The zero-order chi connectivity index (χ0) is 28.3. The molecule has 4 rings (SSSR count). The summed E-state index contributed by atoms with van der Waals surface area (Å²) in [6.45, 7) is 2.53. The summed E-state index contributed by atoms with van der Waals surface area (Å²) in [7, 11) is 1.48. The molecule has 0 aliphatic carbocycles. The third kappa shape index (κ3) is 6.89. The lowest BCUT2D eigenvalue weighted by Gasteiger charge is -2.14. The molecular weight excluding hydrogens is 514 g/mol. The van der Waals surface area contributed by atoms with E-state index >= 15 is 0 Å². The van der Waals surface area contributed by atoms with Crippen LogP contribution < -0.4 is 14.8 Å². The number of nitrogens with one attached hydrogen (secondary N) is 1. The molecule has 1 heterocycles. The highest BCUT2D eigenvalue weighted by molar-refractivity contribution is 5.93. The maximum absolute atomic E-state index is 12.4. The smallest absolute Gasteiger partial charge is 0.407 e. The van der Waals surface area contributed by atoms with Gasteiger partial charge in [-0.15, -0.1) is 0 Å². The van der Waals surface area contributed by atoms with E-state index in [0.29, 0.717) is 22.5 Å². The number of benzene rings is 3. The summed E-state index contributed by atoms with van der Waals surface area (Å²) in [6, 6.07) is 22.0. The summed E-state index contributed by atoms with van der Waals surface area (Å²) in [5, 5.41) is 13.1. The standard InChI is InChI=1S/C30H29N3O7/c1-3-37-29(34)26-11-9-23(15-28(26)40-20-36-2)33-18-22(17-31)25-12-10-24(16-27(25)33)38-14-13-32-30(35)39-19-21-7-5-4-6-8-21/h4-12,15-16,18H,3,13-14,19-20H2,1-2H3,(H,32,35). The topological polar surface area (TPSA) is 121 Å². The number of carbonyl (C=O) groups is 2. The molecule has 1 amide bonds. The molecule has 0 unspecified atom stereocenters. The van der Waals surface area contributed by atoms with Gasteiger partial charge in [-0.05, 0) is 36.8 Å². The lowest BCUT2D eigenvalue weighted by Crippen LogP contribution is -2.28. The van der Waals surface area contributed by atoms with Crippen LogP contribution in [0.5, 0.6) is 11.5 Å². The van der Waals surface area contributed by atoms with Crippen molar-refractivity contribution < 1.29 is 33.3 Å². The molecule has 0 fully saturated rings. The summed E-state index contributed by atoms with van der Waals surface area (Å²) in [5.41, 5.74) is 3.00. The van der Waals surface area contributed by atoms with E-state index in [9.17, 15) is 14.9 Å². The molecular formula is C30H29N3O7. The summed E-state index contributed by atoms with van der Waals surface area (Å²) in [4.78, 5) is 24.4. The number of esters is 1. The Bertz CT molecular complexity index is 1510. The minimum Gasteiger partial charge on any atom is -0.492 e. The van der Waals surface area contributed by atoms with Crippen molar-refractivity contribution in [2.75, 3.05) is 33.7 Å². The molecule has 1 aromatic heterocycles. The number of nitrogens with zero attached hydrogens (tertiary/aromatic N) is 2. The molecule has 0 spiro atoms. The van der Waals surface area contributed by atoms with Crippen LogP contribution in [-0.2, 0) is 20.8 Å². The van der Waals surface area contributed by atoms with Gasteiger partial charge < -0.3 is 33.6 Å². The van der Waals surface area contributed by atoms with Crippen molar-refractivity contribution in [2.45, 2.75) is 13.5 Å². The van der Waals surface area contributed by atoms with E-state index in [1.54, 1.807) is 49.5 Å². The molecule has 0 atom stereocenters. The van der Waals surface area contributed by atoms with Crippen LogP contribution in [0, 0.1) is 11.3 Å². The number of hydrogen-bond donors (Lipinski definition) is 1. The maximum Gasteiger partial charge on any atom is 0.407 e. The second kappa shape index (κ2) is 13.7. The van der Waals surface area contributed by atoms with Crippen molar-refractivity contribution in [1.82, 2.24) is 9.88 Å². The zero-order valence-corrected chi connectivity index (χ0v) is 22.2. The molecule has 10 heteroatoms. The van der Waals surface area contributed by atoms with Crippen LogP contribution in [-0.4, -0.2) is 50.3 Å². The molecule has 206 valence electrons. The highest BCUT2D eigenvalue weighted by Gasteiger charge is 2.17. The van der Waals surface area contributed by atoms with Crippen LogP contribution in [0.25, 0.3) is 16.6 Å². The van der Waals surface area contributed by atoms with E-state index in [-0.39, 0.29) is 44.5 Å². The summed E-state index contributed by atoms with van der Waals surface area (Å²) < 4.78 is 28.7. The zero-order valence-electron chi connectivity index (χ0n) is 22.2. The fourth-order valence-corrected chi connectivity index (χ4v) is 3.98. The Morgan fingerprint density at radius 3 is 2.58 bits per heavy atom. The lowest BCUT2D eigenvalue weighted by atomic mass is 10.1. The van der Waals surface area contributed by atoms with Gasteiger partial charge >= 0.3 is 12.1 Å². The van der Waals surface area contributed by atoms with Gasteiger partial charge in [-0.25, -0.2) is 9.59 Å². The molecule has 10 nitrogen and oxygen atoms in total. The highest BCUT2D eigenvalue weighted by atomic mass is 16.7. The Labute approximate surface area is 231 Å². The van der Waals surface area contributed by atoms with Crippen molar-refractivity contribution in [1.29, 1.82) is 5.26 Å². The van der Waals surface area contributed by atoms with Crippen molar-refractivity contribution in [3.63, 3.8) is 0 Å². The van der Waals surface area contributed by atoms with Gasteiger partial charge in [0.15, 0.2) is 6.79 Å². The number of alkyl carbamates (subject to hydrolysis) is 1. The molecule has 3 aromatic carbocycles. The van der Waals surface area contributed by atoms with Crippen molar-refractivity contribution >= 4 is 23.0 Å². The SMILES string of the molecule is CCOC(=O)c1ccc(-n2cc(C#N)c3ccc(OCCNC(=O)OCc4ccccc4)cc32)cc1OCOC. The monoisotopic (exact) mass is 543 g/mol. The van der Waals surface area contributed by atoms with Gasteiger partial charge in [0, 0.05) is 36.5 Å². The second-order valence-corrected chi connectivity index (χ2v) is 8.49. The first-order chi connectivity index (χ1) is 19.5. The summed E-state index contributed by atoms with van der Waals surface area (Å²) in [6.07, 6.45) is 1.17. The van der Waals surface area contributed by atoms with Gasteiger partial charge in [-0.1, -0.05) is 30.3 Å². The predicted molar refractivity (Wildman–Crippen MR) is 147 cm³/mol. The van der Waals surface area contributed by atoms with Crippen LogP contribution >= 0.6 is 0 Å². The Hall–Kier alpha value is -5.01. The van der Waals surface area contributed by atoms with Crippen molar-refractivity contribution in [2.24, 2.45) is 0 Å². The van der Waals surface area contributed by atoms with Crippen molar-refractivity contribution in [3.8, 4) is 23.3 Å². The number of hydrogen-bond acceptors (Lipinski definition) is 8. The molecule has 0 saturated heterocycles. The molecule has 0 bridgehead atoms. The van der Waals surface area contributed by atoms with Crippen LogP contribution in [0.15, 0.2) is 72.9 Å². The van der Waals surface area contributed by atoms with Crippen LogP contribution in [0.1, 0.15) is 28.4 Å². The summed E-state index contributed by atoms with van der Waals surface area (Å²) >= 11 is 0. The number of rotatable bonds is 12. The number of nitriles is 1. The number of carbonyl (C=O) groups excluding carboxylic acids is 2. The van der Waals surface area contributed by atoms with Gasteiger partial charge in [0.05, 0.1) is 24.2 Å². The fraction of sp³-hybridized carbons (Fsp3) is 0.233. The van der Waals surface area contributed by atoms with Gasteiger partial charge in [0.25, 0.3) is 0 Å². The molecule has 40 heavy (non-hydrogen) atoms. The first kappa shape index (κ1) is 28.0. The average molecular weight is 544 g/mol. The number of fused-ring (bicyclic) bond motifs is 1. The normalized spacial score (nSPS) is 10.5. The van der Waals surface area contributed by atoms with Gasteiger partial charge in [0.2, 0.25) is 0 Å². The van der Waals surface area contributed by atoms with Crippen LogP contribution in [0.3, 0.4) is 0 Å². The van der Waals surface area contributed by atoms with Crippen LogP contribution in [0.2, 0.25) is 0 Å². The quantitative estimate of drug-likeness (QED) is 0.151. The Balaban J connectivity index is 1.48. The van der Waals surface area contributed by atoms with E-state index in [1.807, 2.05) is 34.9 Å². The predicted octanol–water partition coefficient (Wildman–Crippen LogP) is 4.97. The van der Waals surface area contributed by atoms with Gasteiger partial charge in [-0.2, -0.15) is 5.26 Å². The Morgan fingerprint density at radius 1 is 1.00 bits per heavy atom. The van der Waals surface area contributed by atoms with Crippen LogP contribution in [0.4, 0.5) is 4.79 Å². The molecule has 0 aliphatic heterocycles. The average Bonchev–Trinajstić information content (AvgIpc) is 3.35. The number of aromatic nitrogens is 1. The van der Waals surface area contributed by atoms with E-state index < -0.39 is 12.1 Å². The Kier molecular flexibility index (Phi) is 9.58. The third-order valence-corrected chi connectivity index (χ3v) is 5.82. The number of amides is 1. The van der Waals surface area contributed by atoms with E-state index in [1.165, 1.54) is 7.11 Å². The summed E-state index contributed by atoms with van der Waals surface area (Å²) in [5.74, 6) is 0.328. The van der Waals surface area contributed by atoms with Crippen molar-refractivity contribution in [3.05, 3.63) is 89.6 Å². The first-order valence-electron chi connectivity index (χ1n) is 12.6. The molecule has 0 radical (unpaired) electrons. The molecule has 0 aliphatic rings. The van der Waals surface area contributed by atoms with E-state index in [2.05, 4.69) is 11.4 Å². The fourth-order valence-electron chi connectivity index (χ4n) is 3.98. The largest absolute Gasteiger partial charge is 0.492 e. The minimum atomic E-state index is -0.534. The Morgan fingerprint density at radius 2 is 1.82 bits per heavy atom. The first-order valence-corrected chi connectivity index (χ1v) is 12.6. The maximum atomic E-state index is 12.4. The second-order valence-electron chi connectivity index (χ2n) is 8.49. The van der Waals surface area contributed by atoms with Gasteiger partial charge in [0.1, 0.15) is 36.3 Å². The molecule has 0 saturated carbocycles. The number of methoxy groups -OCH3 is 1.